The molecule has 5 N–H and O–H groups in total. The number of aliphatic hydroxyl groups excluding tert-OH is 1. The molecule has 0 aliphatic carbocycles. The first-order valence-corrected chi connectivity index (χ1v) is 11.2. The largest absolute Gasteiger partial charge is 0.507 e. The van der Waals surface area contributed by atoms with Gasteiger partial charge >= 0.3 is 5.97 Å². The molecular formula is C21H17IN4O5S. The number of phenols is 1. The monoisotopic (exact) mass is 564 g/mol. The predicted molar refractivity (Wildman–Crippen MR) is 130 cm³/mol. The second-order valence-corrected chi connectivity index (χ2v) is 8.84. The van der Waals surface area contributed by atoms with E-state index in [1.165, 1.54) is 23.5 Å². The first-order valence-electron chi connectivity index (χ1n) is 9.26. The van der Waals surface area contributed by atoms with Crippen LogP contribution in [0, 0.1) is 3.57 Å². The van der Waals surface area contributed by atoms with E-state index >= 15 is 0 Å². The molecule has 1 unspecified atom stereocenters. The maximum absolute atomic E-state index is 12.2. The van der Waals surface area contributed by atoms with Gasteiger partial charge in [-0.3, -0.25) is 10.1 Å². The zero-order chi connectivity index (χ0) is 23.0. The van der Waals surface area contributed by atoms with Crippen molar-refractivity contribution in [2.75, 3.05) is 10.6 Å². The normalized spacial score (nSPS) is 12.0. The number of carbonyl (C=O) groups is 2. The number of hydrogen-bond donors (Lipinski definition) is 5. The molecule has 1 amide bonds. The lowest BCUT2D eigenvalue weighted by Crippen LogP contribution is -2.34. The summed E-state index contributed by atoms with van der Waals surface area (Å²) in [5.41, 5.74) is 2.60. The van der Waals surface area contributed by atoms with Gasteiger partial charge in [0.2, 0.25) is 6.23 Å². The summed E-state index contributed by atoms with van der Waals surface area (Å²) in [4.78, 5) is 27.5. The zero-order valence-electron chi connectivity index (χ0n) is 16.5. The highest BCUT2D eigenvalue weighted by atomic mass is 127. The molecule has 2 aromatic heterocycles. The number of nitrogens with zero attached hydrogens (tertiary/aromatic N) is 2. The fraction of sp³-hybridized carbons (Fsp3) is 0.0952. The number of fused-ring (bicyclic) bond motifs is 1. The molecule has 0 bridgehead atoms. The van der Waals surface area contributed by atoms with Crippen molar-refractivity contribution in [2.45, 2.75) is 6.23 Å². The number of benzene rings is 2. The lowest BCUT2D eigenvalue weighted by molar-refractivity contribution is -0.122. The second kappa shape index (κ2) is 8.76. The number of thiazole rings is 1. The maximum Gasteiger partial charge on any atom is 0.339 e. The Labute approximate surface area is 199 Å². The number of anilines is 2. The van der Waals surface area contributed by atoms with Gasteiger partial charge in [0.05, 0.1) is 11.2 Å². The summed E-state index contributed by atoms with van der Waals surface area (Å²) < 4.78 is 2.66. The van der Waals surface area contributed by atoms with Crippen LogP contribution in [0.5, 0.6) is 5.75 Å². The average Bonchev–Trinajstić information content (AvgIpc) is 3.34. The molecule has 9 nitrogen and oxygen atoms in total. The van der Waals surface area contributed by atoms with E-state index in [4.69, 9.17) is 0 Å². The Bertz CT molecular complexity index is 1340. The molecule has 0 spiro atoms. The quantitative estimate of drug-likeness (QED) is 0.178. The Hall–Kier alpha value is -3.16. The Balaban J connectivity index is 1.65. The number of hydrogen-bond acceptors (Lipinski definition) is 7. The van der Waals surface area contributed by atoms with Gasteiger partial charge in [-0.1, -0.05) is 12.1 Å². The number of aliphatic hydroxyl groups is 1. The topological polar surface area (TPSA) is 137 Å². The highest BCUT2D eigenvalue weighted by Crippen LogP contribution is 2.37. The number of aryl methyl sites for hydroxylation is 1. The van der Waals surface area contributed by atoms with Gasteiger partial charge in [-0.25, -0.2) is 9.78 Å². The van der Waals surface area contributed by atoms with Gasteiger partial charge in [-0.2, -0.15) is 0 Å². The third kappa shape index (κ3) is 4.13. The number of amides is 1. The van der Waals surface area contributed by atoms with E-state index in [1.807, 2.05) is 17.7 Å². The highest BCUT2D eigenvalue weighted by Gasteiger charge is 2.20. The van der Waals surface area contributed by atoms with Gasteiger partial charge in [-0.15, -0.1) is 11.3 Å². The summed E-state index contributed by atoms with van der Waals surface area (Å²) in [6, 6.07) is 10.0. The van der Waals surface area contributed by atoms with Gasteiger partial charge in [0.25, 0.3) is 5.91 Å². The Kier molecular flexibility index (Phi) is 6.04. The van der Waals surface area contributed by atoms with Gasteiger partial charge in [0.1, 0.15) is 11.3 Å². The molecule has 0 saturated carbocycles. The number of aromatic nitrogens is 2. The minimum absolute atomic E-state index is 0.169. The van der Waals surface area contributed by atoms with Crippen molar-refractivity contribution in [3.05, 3.63) is 57.1 Å². The third-order valence-electron chi connectivity index (χ3n) is 4.84. The summed E-state index contributed by atoms with van der Waals surface area (Å²) >= 11 is 3.38. The van der Waals surface area contributed by atoms with Crippen LogP contribution in [0.4, 0.5) is 10.8 Å². The van der Waals surface area contributed by atoms with Crippen LogP contribution in [0.2, 0.25) is 0 Å². The molecule has 0 saturated heterocycles. The van der Waals surface area contributed by atoms with E-state index in [0.717, 1.165) is 14.8 Å². The van der Waals surface area contributed by atoms with Crippen molar-refractivity contribution >= 4 is 67.5 Å². The van der Waals surface area contributed by atoms with Crippen LogP contribution in [0.1, 0.15) is 10.4 Å². The Morgan fingerprint density at radius 2 is 2.03 bits per heavy atom. The fourth-order valence-corrected chi connectivity index (χ4v) is 4.99. The molecule has 2 heterocycles. The standard InChI is InChI=1S/C21H17IN4O5S/c1-26-14-9-15(27)13(20(30)31)8-12(14)16(22)17(26)10-3-2-4-11(7-10)24-18(28)19(29)25-21-23-5-6-32-21/h2-9,18,24,27-28H,1H3,(H,30,31)(H,23,25,29). The van der Waals surface area contributed by atoms with Crippen molar-refractivity contribution < 1.29 is 24.9 Å². The van der Waals surface area contributed by atoms with Crippen LogP contribution in [0.25, 0.3) is 22.2 Å². The zero-order valence-corrected chi connectivity index (χ0v) is 19.5. The van der Waals surface area contributed by atoms with Gasteiger partial charge in [0.15, 0.2) is 5.13 Å². The lowest BCUT2D eigenvalue weighted by atomic mass is 10.1. The molecule has 0 radical (unpaired) electrons. The average molecular weight is 564 g/mol. The molecule has 0 aliphatic heterocycles. The fourth-order valence-electron chi connectivity index (χ4n) is 3.36. The molecule has 0 aliphatic rings. The minimum Gasteiger partial charge on any atom is -0.507 e. The van der Waals surface area contributed by atoms with Crippen LogP contribution in [0.15, 0.2) is 48.0 Å². The number of nitrogens with one attached hydrogen (secondary N) is 2. The number of aromatic carboxylic acids is 1. The number of carboxylic acid groups (broad SMARTS) is 1. The molecule has 11 heteroatoms. The molecule has 32 heavy (non-hydrogen) atoms. The van der Waals surface area contributed by atoms with E-state index in [-0.39, 0.29) is 11.3 Å². The molecule has 164 valence electrons. The number of carbonyl (C=O) groups excluding carboxylic acids is 1. The van der Waals surface area contributed by atoms with Gasteiger partial charge < -0.3 is 25.2 Å². The first-order chi connectivity index (χ1) is 15.3. The predicted octanol–water partition coefficient (Wildman–Crippen LogP) is 3.68. The van der Waals surface area contributed by atoms with E-state index in [2.05, 4.69) is 38.2 Å². The minimum atomic E-state index is -1.49. The van der Waals surface area contributed by atoms with E-state index < -0.39 is 18.1 Å². The lowest BCUT2D eigenvalue weighted by Gasteiger charge is -2.14. The molecule has 1 atom stereocenters. The van der Waals surface area contributed by atoms with Gasteiger partial charge in [-0.05, 0) is 40.8 Å². The summed E-state index contributed by atoms with van der Waals surface area (Å²) in [6.45, 7) is 0. The maximum atomic E-state index is 12.2. The highest BCUT2D eigenvalue weighted by molar-refractivity contribution is 14.1. The van der Waals surface area contributed by atoms with E-state index in [9.17, 15) is 24.9 Å². The molecule has 4 rings (SSSR count). The third-order valence-corrected chi connectivity index (χ3v) is 6.62. The second-order valence-electron chi connectivity index (χ2n) is 6.87. The molecule has 2 aromatic carbocycles. The number of aromatic hydroxyl groups is 1. The van der Waals surface area contributed by atoms with Crippen molar-refractivity contribution in [3.8, 4) is 17.0 Å². The summed E-state index contributed by atoms with van der Waals surface area (Å²) in [5, 5.41) is 37.7. The van der Waals surface area contributed by atoms with Crippen molar-refractivity contribution in [3.63, 3.8) is 0 Å². The van der Waals surface area contributed by atoms with Crippen molar-refractivity contribution in [2.24, 2.45) is 7.05 Å². The van der Waals surface area contributed by atoms with Crippen LogP contribution >= 0.6 is 33.9 Å². The van der Waals surface area contributed by atoms with Crippen LogP contribution in [-0.4, -0.2) is 43.0 Å². The van der Waals surface area contributed by atoms with E-state index in [0.29, 0.717) is 21.7 Å². The molecule has 0 fully saturated rings. The Morgan fingerprint density at radius 3 is 2.72 bits per heavy atom. The number of halogens is 1. The Morgan fingerprint density at radius 1 is 1.25 bits per heavy atom. The first kappa shape index (κ1) is 22.0. The van der Waals surface area contributed by atoms with E-state index in [1.54, 1.807) is 29.8 Å². The van der Waals surface area contributed by atoms with Crippen molar-refractivity contribution in [1.82, 2.24) is 9.55 Å². The van der Waals surface area contributed by atoms with Crippen LogP contribution < -0.4 is 10.6 Å². The summed E-state index contributed by atoms with van der Waals surface area (Å²) in [7, 11) is 1.82. The summed E-state index contributed by atoms with van der Waals surface area (Å²) in [5.74, 6) is -2.15. The summed E-state index contributed by atoms with van der Waals surface area (Å²) in [6.07, 6.45) is 0.0598. The van der Waals surface area contributed by atoms with Crippen molar-refractivity contribution in [1.29, 1.82) is 0 Å². The number of carboxylic acids is 1. The SMILES string of the molecule is Cn1c(-c2cccc(NC(O)C(=O)Nc3nccs3)c2)c(I)c2cc(C(=O)O)c(O)cc21. The smallest absolute Gasteiger partial charge is 0.339 e. The molecular weight excluding hydrogens is 547 g/mol. The number of rotatable bonds is 6. The van der Waals surface area contributed by atoms with Gasteiger partial charge in [0, 0.05) is 44.9 Å². The van der Waals surface area contributed by atoms with Crippen LogP contribution in [0.3, 0.4) is 0 Å². The van der Waals surface area contributed by atoms with Crippen LogP contribution in [-0.2, 0) is 11.8 Å². The molecule has 4 aromatic rings.